The van der Waals surface area contributed by atoms with Crippen molar-refractivity contribution in [3.8, 4) is 0 Å². The van der Waals surface area contributed by atoms with E-state index in [2.05, 4.69) is 15.6 Å². The summed E-state index contributed by atoms with van der Waals surface area (Å²) in [5.41, 5.74) is 2.63. The van der Waals surface area contributed by atoms with Crippen LogP contribution in [0.1, 0.15) is 5.56 Å². The molecule has 0 aliphatic carbocycles. The summed E-state index contributed by atoms with van der Waals surface area (Å²) in [4.78, 5) is 14.5. The van der Waals surface area contributed by atoms with Crippen molar-refractivity contribution < 1.29 is 4.92 Å². The van der Waals surface area contributed by atoms with Crippen molar-refractivity contribution in [1.82, 2.24) is 4.98 Å². The molecule has 1 aromatic heterocycles. The van der Waals surface area contributed by atoms with Gasteiger partial charge in [-0.3, -0.25) is 15.1 Å². The summed E-state index contributed by atoms with van der Waals surface area (Å²) in [6.07, 6.45) is 4.36. The highest BCUT2D eigenvalue weighted by Gasteiger charge is 2.08. The van der Waals surface area contributed by atoms with Gasteiger partial charge >= 0.3 is 0 Å². The number of hydrogen-bond donors (Lipinski definition) is 2. The van der Waals surface area contributed by atoms with Crippen molar-refractivity contribution in [3.63, 3.8) is 0 Å². The highest BCUT2D eigenvalue weighted by molar-refractivity contribution is 5.63. The van der Waals surface area contributed by atoms with Crippen LogP contribution < -0.4 is 10.6 Å². The Bertz CT molecular complexity index is 587. The molecule has 1 aromatic carbocycles. The maximum Gasteiger partial charge on any atom is 0.273 e. The Kier molecular flexibility index (Phi) is 4.49. The average Bonchev–Trinajstić information content (AvgIpc) is 2.48. The number of nitro groups is 1. The number of non-ortho nitro benzene ring substituents is 1. The lowest BCUT2D eigenvalue weighted by molar-refractivity contribution is -0.384. The van der Waals surface area contributed by atoms with Crippen LogP contribution in [0.15, 0.2) is 42.7 Å². The molecule has 0 fully saturated rings. The van der Waals surface area contributed by atoms with Gasteiger partial charge in [0.1, 0.15) is 0 Å². The van der Waals surface area contributed by atoms with Gasteiger partial charge < -0.3 is 10.6 Å². The molecule has 0 saturated carbocycles. The van der Waals surface area contributed by atoms with Gasteiger partial charge in [-0.2, -0.15) is 0 Å². The number of rotatable bonds is 6. The molecule has 6 nitrogen and oxygen atoms in total. The van der Waals surface area contributed by atoms with E-state index in [4.69, 9.17) is 0 Å². The third-order valence-corrected chi connectivity index (χ3v) is 2.88. The Morgan fingerprint density at radius 2 is 2.10 bits per heavy atom. The van der Waals surface area contributed by atoms with E-state index < -0.39 is 4.92 Å². The zero-order valence-electron chi connectivity index (χ0n) is 11.2. The lowest BCUT2D eigenvalue weighted by Crippen LogP contribution is -2.06. The summed E-state index contributed by atoms with van der Waals surface area (Å²) in [7, 11) is 1.73. The SMILES string of the molecule is CNc1cc(NCCc2cccnc2)cc([N+](=O)[O-])c1. The lowest BCUT2D eigenvalue weighted by atomic mass is 10.2. The molecule has 6 heteroatoms. The number of hydrogen-bond acceptors (Lipinski definition) is 5. The minimum absolute atomic E-state index is 0.0701. The van der Waals surface area contributed by atoms with E-state index in [0.29, 0.717) is 12.2 Å². The van der Waals surface area contributed by atoms with Crippen LogP contribution in [0.2, 0.25) is 0 Å². The Morgan fingerprint density at radius 3 is 2.75 bits per heavy atom. The van der Waals surface area contributed by atoms with Crippen LogP contribution in [0.4, 0.5) is 17.1 Å². The largest absolute Gasteiger partial charge is 0.388 e. The highest BCUT2D eigenvalue weighted by atomic mass is 16.6. The van der Waals surface area contributed by atoms with Gasteiger partial charge in [0.15, 0.2) is 0 Å². The van der Waals surface area contributed by atoms with Crippen molar-refractivity contribution in [2.45, 2.75) is 6.42 Å². The van der Waals surface area contributed by atoms with Gasteiger partial charge in [-0.25, -0.2) is 0 Å². The second-order valence-corrected chi connectivity index (χ2v) is 4.31. The van der Waals surface area contributed by atoms with Crippen molar-refractivity contribution in [2.75, 3.05) is 24.2 Å². The summed E-state index contributed by atoms with van der Waals surface area (Å²) in [5.74, 6) is 0. The van der Waals surface area contributed by atoms with E-state index in [0.717, 1.165) is 17.7 Å². The lowest BCUT2D eigenvalue weighted by Gasteiger charge is -2.08. The van der Waals surface area contributed by atoms with Gasteiger partial charge in [-0.1, -0.05) is 6.07 Å². The second kappa shape index (κ2) is 6.51. The monoisotopic (exact) mass is 272 g/mol. The van der Waals surface area contributed by atoms with Gasteiger partial charge in [0.05, 0.1) is 4.92 Å². The molecule has 0 aliphatic heterocycles. The fourth-order valence-corrected chi connectivity index (χ4v) is 1.86. The van der Waals surface area contributed by atoms with Crippen LogP contribution in [0.25, 0.3) is 0 Å². The Labute approximate surface area is 117 Å². The van der Waals surface area contributed by atoms with E-state index >= 15 is 0 Å². The third kappa shape index (κ3) is 3.68. The van der Waals surface area contributed by atoms with Crippen LogP contribution in [0.5, 0.6) is 0 Å². The quantitative estimate of drug-likeness (QED) is 0.624. The zero-order chi connectivity index (χ0) is 14.4. The molecule has 1 heterocycles. The Morgan fingerprint density at radius 1 is 1.30 bits per heavy atom. The normalized spacial score (nSPS) is 10.1. The van der Waals surface area contributed by atoms with Gasteiger partial charge in [0.2, 0.25) is 0 Å². The number of pyridine rings is 1. The molecule has 0 atom stereocenters. The molecule has 104 valence electrons. The van der Waals surface area contributed by atoms with Crippen LogP contribution in [0, 0.1) is 10.1 Å². The predicted molar refractivity (Wildman–Crippen MR) is 79.1 cm³/mol. The van der Waals surface area contributed by atoms with E-state index in [1.165, 1.54) is 12.1 Å². The fourth-order valence-electron chi connectivity index (χ4n) is 1.86. The van der Waals surface area contributed by atoms with Crippen LogP contribution in [0.3, 0.4) is 0 Å². The standard InChI is InChI=1S/C14H16N4O2/c1-15-12-7-13(9-14(8-12)18(19)20)17-6-4-11-3-2-5-16-10-11/h2-3,5,7-10,15,17H,4,6H2,1H3. The first-order valence-corrected chi connectivity index (χ1v) is 6.29. The van der Waals surface area contributed by atoms with Gasteiger partial charge in [0.25, 0.3) is 5.69 Å². The number of benzene rings is 1. The number of nitrogens with zero attached hydrogens (tertiary/aromatic N) is 2. The molecule has 0 bridgehead atoms. The molecule has 0 amide bonds. The van der Waals surface area contributed by atoms with E-state index in [9.17, 15) is 10.1 Å². The van der Waals surface area contributed by atoms with Crippen LogP contribution >= 0.6 is 0 Å². The molecule has 0 spiro atoms. The molecule has 2 aromatic rings. The maximum atomic E-state index is 10.9. The van der Waals surface area contributed by atoms with E-state index in [1.807, 2.05) is 24.4 Å². The topological polar surface area (TPSA) is 80.1 Å². The Balaban J connectivity index is 2.02. The Hall–Kier alpha value is -2.63. The summed E-state index contributed by atoms with van der Waals surface area (Å²) < 4.78 is 0. The minimum atomic E-state index is -0.396. The first-order chi connectivity index (χ1) is 9.69. The molecular weight excluding hydrogens is 256 g/mol. The van der Waals surface area contributed by atoms with Crippen molar-refractivity contribution in [2.24, 2.45) is 0 Å². The molecule has 0 saturated heterocycles. The molecule has 2 N–H and O–H groups in total. The number of nitrogens with one attached hydrogen (secondary N) is 2. The van der Waals surface area contributed by atoms with E-state index in [1.54, 1.807) is 13.2 Å². The minimum Gasteiger partial charge on any atom is -0.388 e. The zero-order valence-corrected chi connectivity index (χ0v) is 11.2. The van der Waals surface area contributed by atoms with Gasteiger partial charge in [-0.15, -0.1) is 0 Å². The molecule has 20 heavy (non-hydrogen) atoms. The van der Waals surface area contributed by atoms with Crippen molar-refractivity contribution in [3.05, 3.63) is 58.4 Å². The molecule has 0 aliphatic rings. The number of anilines is 2. The fraction of sp³-hybridized carbons (Fsp3) is 0.214. The molecule has 0 unspecified atom stereocenters. The highest BCUT2D eigenvalue weighted by Crippen LogP contribution is 2.23. The number of aromatic nitrogens is 1. The predicted octanol–water partition coefficient (Wildman–Crippen LogP) is 2.69. The van der Waals surface area contributed by atoms with Crippen LogP contribution in [-0.4, -0.2) is 23.5 Å². The third-order valence-electron chi connectivity index (χ3n) is 2.88. The molecule has 0 radical (unpaired) electrons. The first kappa shape index (κ1) is 13.8. The smallest absolute Gasteiger partial charge is 0.273 e. The van der Waals surface area contributed by atoms with Crippen molar-refractivity contribution >= 4 is 17.1 Å². The van der Waals surface area contributed by atoms with Crippen molar-refractivity contribution in [1.29, 1.82) is 0 Å². The van der Waals surface area contributed by atoms with E-state index in [-0.39, 0.29) is 5.69 Å². The number of nitro benzene ring substituents is 1. The summed E-state index contributed by atoms with van der Waals surface area (Å²) >= 11 is 0. The summed E-state index contributed by atoms with van der Waals surface area (Å²) in [6.45, 7) is 0.690. The summed E-state index contributed by atoms with van der Waals surface area (Å²) in [6, 6.07) is 8.77. The van der Waals surface area contributed by atoms with Crippen LogP contribution in [-0.2, 0) is 6.42 Å². The van der Waals surface area contributed by atoms with Gasteiger partial charge in [-0.05, 0) is 24.1 Å². The summed E-state index contributed by atoms with van der Waals surface area (Å²) in [5, 5.41) is 17.0. The molecule has 2 rings (SSSR count). The molecular formula is C14H16N4O2. The first-order valence-electron chi connectivity index (χ1n) is 6.29. The second-order valence-electron chi connectivity index (χ2n) is 4.31. The van der Waals surface area contributed by atoms with Gasteiger partial charge in [0, 0.05) is 49.5 Å². The average molecular weight is 272 g/mol. The maximum absolute atomic E-state index is 10.9.